The lowest BCUT2D eigenvalue weighted by Gasteiger charge is -2.14. The van der Waals surface area contributed by atoms with Crippen molar-refractivity contribution < 1.29 is 14.2 Å². The number of benzene rings is 3. The second-order valence-electron chi connectivity index (χ2n) is 9.29. The maximum absolute atomic E-state index is 6.60. The fourth-order valence-electron chi connectivity index (χ4n) is 4.58. The van der Waals surface area contributed by atoms with Gasteiger partial charge in [-0.3, -0.25) is 0 Å². The molecule has 0 aliphatic heterocycles. The van der Waals surface area contributed by atoms with E-state index in [1.54, 1.807) is 38.9 Å². The van der Waals surface area contributed by atoms with Gasteiger partial charge in [0.15, 0.2) is 0 Å². The Hall–Kier alpha value is -3.88. The number of aromatic nitrogens is 3. The largest absolute Gasteiger partial charge is 0.497 e. The van der Waals surface area contributed by atoms with Crippen molar-refractivity contribution in [2.45, 2.75) is 32.7 Å². The second-order valence-corrected chi connectivity index (χ2v) is 10.8. The Balaban J connectivity index is 1.49. The third kappa shape index (κ3) is 5.83. The smallest absolute Gasteiger partial charge is 0.138 e. The lowest BCUT2D eigenvalue weighted by atomic mass is 9.98. The van der Waals surface area contributed by atoms with Gasteiger partial charge in [0.2, 0.25) is 0 Å². The van der Waals surface area contributed by atoms with Gasteiger partial charge < -0.3 is 19.5 Å². The van der Waals surface area contributed by atoms with Crippen LogP contribution < -0.4 is 19.5 Å². The van der Waals surface area contributed by atoms with Crippen LogP contribution in [0.5, 0.6) is 17.2 Å². The lowest BCUT2D eigenvalue weighted by Crippen LogP contribution is -2.03. The van der Waals surface area contributed by atoms with Gasteiger partial charge in [-0.05, 0) is 60.4 Å². The molecule has 0 amide bonds. The Bertz CT molecular complexity index is 1640. The normalized spacial score (nSPS) is 11.0. The first-order chi connectivity index (χ1) is 19.5. The number of anilines is 1. The van der Waals surface area contributed by atoms with Crippen LogP contribution in [0, 0.1) is 0 Å². The molecule has 40 heavy (non-hydrogen) atoms. The number of aryl methyl sites for hydroxylation is 1. The van der Waals surface area contributed by atoms with E-state index < -0.39 is 0 Å². The molecule has 2 heterocycles. The standard InChI is InChI=1S/C31H31ClN4O3S/c1-5-6-7-22-17-34-31(40-22)25-15-30(39-4)26(32)14-24(25)19-9-11-23-27(12-19)36-35-18-28(23)33-16-20-8-10-21(37-2)13-29(20)38-3/h8-15,17-18H,5-7,16H2,1-4H3,(H,33,36). The number of fused-ring (bicyclic) bond motifs is 1. The number of nitrogens with one attached hydrogen (secondary N) is 1. The van der Waals surface area contributed by atoms with Crippen LogP contribution in [-0.4, -0.2) is 36.5 Å². The Labute approximate surface area is 243 Å². The summed E-state index contributed by atoms with van der Waals surface area (Å²) in [6.07, 6.45) is 7.03. The van der Waals surface area contributed by atoms with Gasteiger partial charge in [0.1, 0.15) is 22.3 Å². The highest BCUT2D eigenvalue weighted by molar-refractivity contribution is 7.15. The van der Waals surface area contributed by atoms with Crippen molar-refractivity contribution in [3.8, 4) is 38.9 Å². The number of thiazole rings is 1. The summed E-state index contributed by atoms with van der Waals surface area (Å²) in [6.45, 7) is 2.75. The summed E-state index contributed by atoms with van der Waals surface area (Å²) in [5.74, 6) is 2.12. The maximum Gasteiger partial charge on any atom is 0.138 e. The molecule has 0 saturated heterocycles. The zero-order chi connectivity index (χ0) is 28.1. The minimum Gasteiger partial charge on any atom is -0.497 e. The fourth-order valence-corrected chi connectivity index (χ4v) is 5.81. The van der Waals surface area contributed by atoms with Gasteiger partial charge in [-0.2, -0.15) is 10.2 Å². The molecule has 7 nitrogen and oxygen atoms in total. The first-order valence-electron chi connectivity index (χ1n) is 13.1. The summed E-state index contributed by atoms with van der Waals surface area (Å²) in [5, 5.41) is 14.6. The van der Waals surface area contributed by atoms with E-state index in [2.05, 4.69) is 34.6 Å². The molecule has 0 unspecified atom stereocenters. The van der Waals surface area contributed by atoms with Gasteiger partial charge in [-0.1, -0.05) is 31.0 Å². The number of nitrogens with zero attached hydrogens (tertiary/aromatic N) is 3. The Morgan fingerprint density at radius 1 is 0.900 bits per heavy atom. The number of hydrogen-bond acceptors (Lipinski definition) is 8. The molecule has 0 aliphatic carbocycles. The van der Waals surface area contributed by atoms with Gasteiger partial charge in [0.25, 0.3) is 0 Å². The molecular weight excluding hydrogens is 544 g/mol. The Morgan fingerprint density at radius 3 is 2.52 bits per heavy atom. The van der Waals surface area contributed by atoms with Crippen LogP contribution in [0.1, 0.15) is 30.2 Å². The van der Waals surface area contributed by atoms with E-state index in [4.69, 9.17) is 30.8 Å². The summed E-state index contributed by atoms with van der Waals surface area (Å²) in [6, 6.07) is 15.9. The number of halogens is 1. The summed E-state index contributed by atoms with van der Waals surface area (Å²) in [4.78, 5) is 6.02. The van der Waals surface area contributed by atoms with E-state index in [0.717, 1.165) is 74.6 Å². The molecular formula is C31H31ClN4O3S. The third-order valence-corrected chi connectivity index (χ3v) is 8.15. The van der Waals surface area contributed by atoms with Crippen molar-refractivity contribution in [2.24, 2.45) is 0 Å². The molecule has 0 radical (unpaired) electrons. The molecule has 1 N–H and O–H groups in total. The monoisotopic (exact) mass is 574 g/mol. The average Bonchev–Trinajstić information content (AvgIpc) is 3.47. The predicted octanol–water partition coefficient (Wildman–Crippen LogP) is 8.05. The zero-order valence-corrected chi connectivity index (χ0v) is 24.5. The number of ether oxygens (including phenoxy) is 3. The van der Waals surface area contributed by atoms with E-state index in [-0.39, 0.29) is 0 Å². The van der Waals surface area contributed by atoms with Crippen LogP contribution in [-0.2, 0) is 13.0 Å². The molecule has 3 aromatic carbocycles. The highest BCUT2D eigenvalue weighted by atomic mass is 35.5. The van der Waals surface area contributed by atoms with E-state index in [1.807, 2.05) is 42.6 Å². The van der Waals surface area contributed by atoms with Crippen molar-refractivity contribution in [1.82, 2.24) is 15.2 Å². The highest BCUT2D eigenvalue weighted by Crippen LogP contribution is 2.41. The first kappa shape index (κ1) is 27.7. The van der Waals surface area contributed by atoms with Crippen LogP contribution in [0.2, 0.25) is 5.02 Å². The van der Waals surface area contributed by atoms with Gasteiger partial charge in [-0.25, -0.2) is 4.98 Å². The molecule has 9 heteroatoms. The SMILES string of the molecule is CCCCc1cnc(-c2cc(OC)c(Cl)cc2-c2ccc3c(NCc4ccc(OC)cc4OC)cnnc3c2)s1. The van der Waals surface area contributed by atoms with Gasteiger partial charge in [0, 0.05) is 40.2 Å². The van der Waals surface area contributed by atoms with Gasteiger partial charge in [0.05, 0.1) is 43.8 Å². The second kappa shape index (κ2) is 12.5. The van der Waals surface area contributed by atoms with Crippen molar-refractivity contribution in [3.05, 3.63) is 76.4 Å². The third-order valence-electron chi connectivity index (χ3n) is 6.77. The maximum atomic E-state index is 6.60. The fraction of sp³-hybridized carbons (Fsp3) is 0.258. The molecule has 206 valence electrons. The molecule has 0 atom stereocenters. The Morgan fingerprint density at radius 2 is 1.75 bits per heavy atom. The van der Waals surface area contributed by atoms with Crippen LogP contribution in [0.25, 0.3) is 32.6 Å². The van der Waals surface area contributed by atoms with Crippen molar-refractivity contribution >= 4 is 39.5 Å². The average molecular weight is 575 g/mol. The van der Waals surface area contributed by atoms with Crippen LogP contribution >= 0.6 is 22.9 Å². The Kier molecular flexibility index (Phi) is 8.67. The summed E-state index contributed by atoms with van der Waals surface area (Å²) < 4.78 is 16.4. The van der Waals surface area contributed by atoms with Crippen molar-refractivity contribution in [2.75, 3.05) is 26.6 Å². The number of unbranched alkanes of at least 4 members (excludes halogenated alkanes) is 1. The molecule has 0 aliphatic rings. The summed E-state index contributed by atoms with van der Waals surface area (Å²) >= 11 is 8.31. The van der Waals surface area contributed by atoms with E-state index in [9.17, 15) is 0 Å². The van der Waals surface area contributed by atoms with E-state index in [1.165, 1.54) is 4.88 Å². The molecule has 0 spiro atoms. The van der Waals surface area contributed by atoms with Crippen LogP contribution in [0.15, 0.2) is 60.9 Å². The zero-order valence-electron chi connectivity index (χ0n) is 23.0. The van der Waals surface area contributed by atoms with E-state index >= 15 is 0 Å². The lowest BCUT2D eigenvalue weighted by molar-refractivity contribution is 0.391. The number of methoxy groups -OCH3 is 3. The molecule has 5 aromatic rings. The van der Waals surface area contributed by atoms with Gasteiger partial charge >= 0.3 is 0 Å². The first-order valence-corrected chi connectivity index (χ1v) is 14.3. The van der Waals surface area contributed by atoms with Crippen molar-refractivity contribution in [1.29, 1.82) is 0 Å². The molecule has 0 bridgehead atoms. The topological polar surface area (TPSA) is 78.4 Å². The highest BCUT2D eigenvalue weighted by Gasteiger charge is 2.17. The quantitative estimate of drug-likeness (QED) is 0.171. The number of hydrogen-bond donors (Lipinski definition) is 1. The van der Waals surface area contributed by atoms with Gasteiger partial charge in [-0.15, -0.1) is 11.3 Å². The minimum atomic E-state index is 0.541. The molecule has 0 fully saturated rings. The number of rotatable bonds is 11. The minimum absolute atomic E-state index is 0.541. The summed E-state index contributed by atoms with van der Waals surface area (Å²) in [7, 11) is 4.92. The van der Waals surface area contributed by atoms with Crippen molar-refractivity contribution in [3.63, 3.8) is 0 Å². The predicted molar refractivity (Wildman–Crippen MR) is 163 cm³/mol. The summed E-state index contributed by atoms with van der Waals surface area (Å²) in [5.41, 5.74) is 5.56. The molecule has 5 rings (SSSR count). The van der Waals surface area contributed by atoms with E-state index in [0.29, 0.717) is 17.3 Å². The molecule has 0 saturated carbocycles. The van der Waals surface area contributed by atoms with Crippen LogP contribution in [0.3, 0.4) is 0 Å². The van der Waals surface area contributed by atoms with Crippen LogP contribution in [0.4, 0.5) is 5.69 Å². The molecule has 2 aromatic heterocycles.